The van der Waals surface area contributed by atoms with Crippen LogP contribution in [0.5, 0.6) is 0 Å². The number of piperidine rings is 1. The van der Waals surface area contributed by atoms with Crippen LogP contribution in [0.4, 0.5) is 23.2 Å². The van der Waals surface area contributed by atoms with Crippen molar-refractivity contribution in [1.29, 1.82) is 0 Å². The second-order valence-corrected chi connectivity index (χ2v) is 7.47. The largest absolute Gasteiger partial charge is 0.417 e. The first-order valence-electron chi connectivity index (χ1n) is 9.53. The van der Waals surface area contributed by atoms with E-state index < -0.39 is 24.0 Å². The number of anilines is 1. The standard InChI is InChI=1S/C21H21F4N5/c1-13(21(23,24)25)20-14-5-3-6-17(27-18-7-10-29(2)12-16(18)22)15(14)11-19(28-20)30-9-4-8-26-30/h3-6,8-9,11,16,18,27H,1,7,10,12H2,2H3/t16-,18+/m0/s1. The van der Waals surface area contributed by atoms with Gasteiger partial charge in [-0.15, -0.1) is 0 Å². The van der Waals surface area contributed by atoms with E-state index in [-0.39, 0.29) is 11.5 Å². The minimum Gasteiger partial charge on any atom is -0.379 e. The van der Waals surface area contributed by atoms with Crippen LogP contribution in [0, 0.1) is 0 Å². The molecule has 0 aliphatic carbocycles. The molecule has 158 valence electrons. The molecule has 1 N–H and O–H groups in total. The molecule has 30 heavy (non-hydrogen) atoms. The van der Waals surface area contributed by atoms with Crippen molar-refractivity contribution < 1.29 is 17.6 Å². The van der Waals surface area contributed by atoms with E-state index in [1.807, 2.05) is 11.9 Å². The van der Waals surface area contributed by atoms with Crippen molar-refractivity contribution in [1.82, 2.24) is 19.7 Å². The fourth-order valence-corrected chi connectivity index (χ4v) is 3.69. The monoisotopic (exact) mass is 419 g/mol. The summed E-state index contributed by atoms with van der Waals surface area (Å²) in [6.07, 6.45) is -2.02. The highest BCUT2D eigenvalue weighted by atomic mass is 19.4. The predicted molar refractivity (Wildman–Crippen MR) is 108 cm³/mol. The van der Waals surface area contributed by atoms with Crippen LogP contribution in [0.25, 0.3) is 22.2 Å². The van der Waals surface area contributed by atoms with E-state index in [4.69, 9.17) is 0 Å². The van der Waals surface area contributed by atoms with Crippen molar-refractivity contribution in [3.8, 4) is 5.82 Å². The van der Waals surface area contributed by atoms with Gasteiger partial charge < -0.3 is 10.2 Å². The lowest BCUT2D eigenvalue weighted by molar-refractivity contribution is -0.0688. The van der Waals surface area contributed by atoms with E-state index in [0.717, 1.165) is 6.54 Å². The number of hydrogen-bond donors (Lipinski definition) is 1. The number of rotatable bonds is 4. The molecule has 4 rings (SSSR count). The Morgan fingerprint density at radius 1 is 1.23 bits per heavy atom. The SMILES string of the molecule is C=C(c1nc(-n2cccn2)cc2c(N[C@@H]3CCN(C)C[C@@H]3F)cccc12)C(F)(F)F. The number of hydrogen-bond acceptors (Lipinski definition) is 4. The van der Waals surface area contributed by atoms with Gasteiger partial charge in [0.15, 0.2) is 5.82 Å². The summed E-state index contributed by atoms with van der Waals surface area (Å²) in [6, 6.07) is 7.81. The Kier molecular flexibility index (Phi) is 5.23. The summed E-state index contributed by atoms with van der Waals surface area (Å²) in [7, 11) is 1.86. The zero-order chi connectivity index (χ0) is 21.5. The maximum atomic E-state index is 14.6. The minimum atomic E-state index is -4.63. The number of likely N-dealkylation sites (tertiary alicyclic amines) is 1. The van der Waals surface area contributed by atoms with Crippen molar-refractivity contribution in [2.75, 3.05) is 25.5 Å². The van der Waals surface area contributed by atoms with Gasteiger partial charge in [0.2, 0.25) is 0 Å². The third-order valence-corrected chi connectivity index (χ3v) is 5.31. The molecule has 0 unspecified atom stereocenters. The van der Waals surface area contributed by atoms with E-state index in [2.05, 4.69) is 22.0 Å². The summed E-state index contributed by atoms with van der Waals surface area (Å²) in [5.41, 5.74) is -0.757. The zero-order valence-electron chi connectivity index (χ0n) is 16.3. The molecular weight excluding hydrogens is 398 g/mol. The average molecular weight is 419 g/mol. The lowest BCUT2D eigenvalue weighted by atomic mass is 10.00. The highest BCUT2D eigenvalue weighted by molar-refractivity contribution is 6.00. The molecule has 1 aromatic carbocycles. The second-order valence-electron chi connectivity index (χ2n) is 7.47. The normalized spacial score (nSPS) is 20.4. The first-order valence-corrected chi connectivity index (χ1v) is 9.53. The summed E-state index contributed by atoms with van der Waals surface area (Å²) in [5, 5.41) is 8.08. The summed E-state index contributed by atoms with van der Waals surface area (Å²) in [4.78, 5) is 6.11. The number of alkyl halides is 4. The lowest BCUT2D eigenvalue weighted by Gasteiger charge is -2.33. The summed E-state index contributed by atoms with van der Waals surface area (Å²) >= 11 is 0. The van der Waals surface area contributed by atoms with Crippen molar-refractivity contribution in [3.05, 3.63) is 55.0 Å². The number of aromatic nitrogens is 3. The number of pyridine rings is 1. The van der Waals surface area contributed by atoms with Crippen LogP contribution in [0.3, 0.4) is 0 Å². The molecule has 1 aliphatic heterocycles. The third kappa shape index (κ3) is 3.89. The van der Waals surface area contributed by atoms with Gasteiger partial charge in [-0.25, -0.2) is 14.1 Å². The van der Waals surface area contributed by atoms with Crippen molar-refractivity contribution >= 4 is 22.0 Å². The minimum absolute atomic E-state index is 0.224. The van der Waals surface area contributed by atoms with Gasteiger partial charge in [-0.1, -0.05) is 18.7 Å². The fraction of sp³-hybridized carbons (Fsp3) is 0.333. The molecular formula is C21H21F4N5. The van der Waals surface area contributed by atoms with Gasteiger partial charge in [0.05, 0.1) is 17.3 Å². The van der Waals surface area contributed by atoms with Gasteiger partial charge >= 0.3 is 6.18 Å². The molecule has 3 aromatic rings. The zero-order valence-corrected chi connectivity index (χ0v) is 16.3. The van der Waals surface area contributed by atoms with Crippen LogP contribution in [0.15, 0.2) is 49.3 Å². The molecule has 3 heterocycles. The lowest BCUT2D eigenvalue weighted by Crippen LogP contribution is -2.46. The molecule has 1 saturated heterocycles. The summed E-state index contributed by atoms with van der Waals surface area (Å²) in [6.45, 7) is 4.27. The number of fused-ring (bicyclic) bond motifs is 1. The van der Waals surface area contributed by atoms with Crippen LogP contribution in [0.1, 0.15) is 12.1 Å². The Hall–Kier alpha value is -2.94. The van der Waals surface area contributed by atoms with Gasteiger partial charge in [-0.05, 0) is 31.7 Å². The third-order valence-electron chi connectivity index (χ3n) is 5.31. The van der Waals surface area contributed by atoms with Gasteiger partial charge in [0, 0.05) is 41.9 Å². The molecule has 0 spiro atoms. The number of halogens is 4. The van der Waals surface area contributed by atoms with Gasteiger partial charge in [-0.3, -0.25) is 0 Å². The van der Waals surface area contributed by atoms with Gasteiger partial charge in [0.1, 0.15) is 6.17 Å². The van der Waals surface area contributed by atoms with E-state index in [0.29, 0.717) is 29.4 Å². The second kappa shape index (κ2) is 7.71. The van der Waals surface area contributed by atoms with Crippen LogP contribution in [0.2, 0.25) is 0 Å². The van der Waals surface area contributed by atoms with Crippen molar-refractivity contribution in [3.63, 3.8) is 0 Å². The maximum Gasteiger partial charge on any atom is 0.417 e. The predicted octanol–water partition coefficient (Wildman–Crippen LogP) is 4.45. The molecule has 0 amide bonds. The van der Waals surface area contributed by atoms with Gasteiger partial charge in [-0.2, -0.15) is 18.3 Å². The van der Waals surface area contributed by atoms with E-state index in [9.17, 15) is 17.6 Å². The number of nitrogens with zero attached hydrogens (tertiary/aromatic N) is 4. The molecule has 0 bridgehead atoms. The fourth-order valence-electron chi connectivity index (χ4n) is 3.69. The summed E-state index contributed by atoms with van der Waals surface area (Å²) < 4.78 is 56.3. The first-order chi connectivity index (χ1) is 14.2. The molecule has 1 aliphatic rings. The average Bonchev–Trinajstić information content (AvgIpc) is 3.23. The highest BCUT2D eigenvalue weighted by Crippen LogP contribution is 2.37. The Morgan fingerprint density at radius 2 is 2.03 bits per heavy atom. The Balaban J connectivity index is 1.84. The van der Waals surface area contributed by atoms with Crippen molar-refractivity contribution in [2.24, 2.45) is 0 Å². The topological polar surface area (TPSA) is 46.0 Å². The van der Waals surface area contributed by atoms with Crippen molar-refractivity contribution in [2.45, 2.75) is 24.8 Å². The highest BCUT2D eigenvalue weighted by Gasteiger charge is 2.35. The molecule has 0 radical (unpaired) electrons. The van der Waals surface area contributed by atoms with E-state index in [1.165, 1.54) is 10.9 Å². The summed E-state index contributed by atoms with van der Waals surface area (Å²) in [5.74, 6) is 0.224. The molecule has 0 saturated carbocycles. The molecule has 2 atom stereocenters. The van der Waals surface area contributed by atoms with E-state index in [1.54, 1.807) is 36.5 Å². The quantitative estimate of drug-likeness (QED) is 0.635. The van der Waals surface area contributed by atoms with Crippen LogP contribution in [-0.2, 0) is 0 Å². The first kappa shape index (κ1) is 20.3. The number of nitrogens with one attached hydrogen (secondary N) is 1. The van der Waals surface area contributed by atoms with Crippen LogP contribution in [-0.4, -0.2) is 58.2 Å². The maximum absolute atomic E-state index is 14.6. The molecule has 2 aromatic heterocycles. The Bertz CT molecular complexity index is 1060. The number of benzene rings is 1. The number of allylic oxidation sites excluding steroid dienone is 1. The Labute approximate surface area is 171 Å². The Morgan fingerprint density at radius 3 is 2.70 bits per heavy atom. The molecule has 5 nitrogen and oxygen atoms in total. The van der Waals surface area contributed by atoms with Crippen LogP contribution >= 0.6 is 0 Å². The van der Waals surface area contributed by atoms with Crippen LogP contribution < -0.4 is 5.32 Å². The molecule has 9 heteroatoms. The van der Waals surface area contributed by atoms with Gasteiger partial charge in [0.25, 0.3) is 0 Å². The van der Waals surface area contributed by atoms with E-state index >= 15 is 0 Å². The molecule has 1 fully saturated rings. The smallest absolute Gasteiger partial charge is 0.379 e.